The van der Waals surface area contributed by atoms with Crippen LogP contribution in [0.2, 0.25) is 0 Å². The predicted molar refractivity (Wildman–Crippen MR) is 107 cm³/mol. The molecule has 9 heteroatoms. The van der Waals surface area contributed by atoms with Crippen molar-refractivity contribution in [3.8, 4) is 5.75 Å². The van der Waals surface area contributed by atoms with Crippen molar-refractivity contribution in [2.75, 3.05) is 25.6 Å². The van der Waals surface area contributed by atoms with Gasteiger partial charge in [0, 0.05) is 28.2 Å². The van der Waals surface area contributed by atoms with Gasteiger partial charge in [0.25, 0.3) is 5.56 Å². The number of aromatic nitrogens is 4. The second-order valence-corrected chi connectivity index (χ2v) is 7.07. The number of ether oxygens (including phenoxy) is 1. The molecule has 0 aliphatic rings. The Morgan fingerprint density at radius 1 is 1.14 bits per heavy atom. The van der Waals surface area contributed by atoms with Gasteiger partial charge < -0.3 is 19.3 Å². The zero-order valence-corrected chi connectivity index (χ0v) is 16.7. The second-order valence-electron chi connectivity index (χ2n) is 7.07. The first-order valence-electron chi connectivity index (χ1n) is 8.91. The average molecular weight is 387 g/mol. The number of fused-ring (bicyclic) bond motifs is 1. The molecule has 0 radical (unpaired) electrons. The van der Waals surface area contributed by atoms with Gasteiger partial charge in [0.15, 0.2) is 11.2 Å². The molecule has 0 saturated heterocycles. The van der Waals surface area contributed by atoms with E-state index in [0.717, 1.165) is 10.1 Å². The summed E-state index contributed by atoms with van der Waals surface area (Å²) in [5.74, 6) is 1.13. The van der Waals surface area contributed by atoms with Crippen LogP contribution >= 0.6 is 0 Å². The number of hydrogen-bond donors (Lipinski definition) is 1. The van der Waals surface area contributed by atoms with E-state index in [4.69, 9.17) is 4.74 Å². The Morgan fingerprint density at radius 3 is 2.39 bits per heavy atom. The molecule has 0 spiro atoms. The lowest BCUT2D eigenvalue weighted by molar-refractivity contribution is 0.0937. The molecule has 2 heterocycles. The lowest BCUT2D eigenvalue weighted by atomic mass is 10.2. The normalized spacial score (nSPS) is 12.4. The zero-order valence-electron chi connectivity index (χ0n) is 16.7. The minimum Gasteiger partial charge on any atom is -0.491 e. The third-order valence-electron chi connectivity index (χ3n) is 4.58. The molecule has 3 aromatic rings. The number of benzene rings is 1. The number of imidazole rings is 1. The summed E-state index contributed by atoms with van der Waals surface area (Å²) in [5, 5.41) is 10.5. The largest absolute Gasteiger partial charge is 0.491 e. The Morgan fingerprint density at radius 2 is 1.79 bits per heavy atom. The Kier molecular flexibility index (Phi) is 5.28. The van der Waals surface area contributed by atoms with Crippen molar-refractivity contribution >= 4 is 17.1 Å². The van der Waals surface area contributed by atoms with Crippen molar-refractivity contribution < 1.29 is 9.84 Å². The molecule has 28 heavy (non-hydrogen) atoms. The van der Waals surface area contributed by atoms with Crippen LogP contribution in [0.3, 0.4) is 0 Å². The van der Waals surface area contributed by atoms with Gasteiger partial charge in [0.05, 0.1) is 6.54 Å². The maximum absolute atomic E-state index is 12.7. The molecular formula is C19H25N5O4. The van der Waals surface area contributed by atoms with Crippen molar-refractivity contribution in [3.05, 3.63) is 50.7 Å². The number of nitrogens with zero attached hydrogens (tertiary/aromatic N) is 5. The maximum Gasteiger partial charge on any atom is 0.332 e. The third kappa shape index (κ3) is 3.53. The topological polar surface area (TPSA) is 94.5 Å². The Bertz CT molecular complexity index is 1110. The molecule has 0 aliphatic carbocycles. The summed E-state index contributed by atoms with van der Waals surface area (Å²) in [6, 6.07) is 7.54. The van der Waals surface area contributed by atoms with Crippen LogP contribution in [0.1, 0.15) is 5.56 Å². The molecule has 0 aliphatic heterocycles. The summed E-state index contributed by atoms with van der Waals surface area (Å²) in [6.07, 6.45) is -0.876. The van der Waals surface area contributed by atoms with Crippen LogP contribution in [0, 0.1) is 6.92 Å². The molecule has 9 nitrogen and oxygen atoms in total. The fraction of sp³-hybridized carbons (Fsp3) is 0.421. The molecule has 2 aromatic heterocycles. The van der Waals surface area contributed by atoms with Crippen molar-refractivity contribution in [2.24, 2.45) is 14.1 Å². The van der Waals surface area contributed by atoms with E-state index in [0.29, 0.717) is 11.7 Å². The molecule has 0 fully saturated rings. The van der Waals surface area contributed by atoms with Gasteiger partial charge in [-0.25, -0.2) is 4.79 Å². The van der Waals surface area contributed by atoms with Crippen molar-refractivity contribution in [3.63, 3.8) is 0 Å². The molecule has 1 atom stereocenters. The van der Waals surface area contributed by atoms with Gasteiger partial charge in [-0.3, -0.25) is 13.9 Å². The van der Waals surface area contributed by atoms with Crippen LogP contribution in [0.4, 0.5) is 5.95 Å². The monoisotopic (exact) mass is 387 g/mol. The summed E-state index contributed by atoms with van der Waals surface area (Å²) in [4.78, 5) is 31.1. The van der Waals surface area contributed by atoms with Gasteiger partial charge in [-0.15, -0.1) is 0 Å². The first-order valence-corrected chi connectivity index (χ1v) is 8.91. The van der Waals surface area contributed by atoms with Crippen LogP contribution in [0.5, 0.6) is 5.75 Å². The average Bonchev–Trinajstić information content (AvgIpc) is 3.03. The third-order valence-corrected chi connectivity index (χ3v) is 4.58. The van der Waals surface area contributed by atoms with Crippen LogP contribution in [-0.4, -0.2) is 50.6 Å². The summed E-state index contributed by atoms with van der Waals surface area (Å²) in [5.41, 5.74) is 0.766. The Hall–Kier alpha value is -3.07. The van der Waals surface area contributed by atoms with Gasteiger partial charge in [-0.2, -0.15) is 4.98 Å². The molecule has 1 aromatic carbocycles. The van der Waals surface area contributed by atoms with Crippen LogP contribution in [0.25, 0.3) is 11.2 Å². The van der Waals surface area contributed by atoms with Gasteiger partial charge in [0.2, 0.25) is 5.95 Å². The van der Waals surface area contributed by atoms with E-state index in [1.165, 1.54) is 11.6 Å². The van der Waals surface area contributed by atoms with Crippen molar-refractivity contribution in [2.45, 2.75) is 19.6 Å². The molecule has 0 bridgehead atoms. The standard InChI is InChI=1S/C19H25N5O4/c1-12-6-8-14(9-7-12)28-11-13(25)10-24-15-16(20-18(24)21(2)3)22(4)19(27)23(5)17(15)26/h6-9,13,25H,10-11H2,1-5H3. The molecule has 0 saturated carbocycles. The molecule has 3 rings (SSSR count). The fourth-order valence-electron chi connectivity index (χ4n) is 3.04. The molecule has 150 valence electrons. The van der Waals surface area contributed by atoms with Crippen molar-refractivity contribution in [1.82, 2.24) is 18.7 Å². The van der Waals surface area contributed by atoms with Gasteiger partial charge >= 0.3 is 5.69 Å². The summed E-state index contributed by atoms with van der Waals surface area (Å²) in [7, 11) is 6.57. The van der Waals surface area contributed by atoms with Gasteiger partial charge in [-0.1, -0.05) is 17.7 Å². The molecular weight excluding hydrogens is 362 g/mol. The number of aliphatic hydroxyl groups excluding tert-OH is 1. The van der Waals surface area contributed by atoms with Gasteiger partial charge in [-0.05, 0) is 19.1 Å². The zero-order chi connectivity index (χ0) is 20.6. The van der Waals surface area contributed by atoms with Crippen molar-refractivity contribution in [1.29, 1.82) is 0 Å². The highest BCUT2D eigenvalue weighted by atomic mass is 16.5. The van der Waals surface area contributed by atoms with Crippen LogP contribution in [-0.2, 0) is 20.6 Å². The fourth-order valence-corrected chi connectivity index (χ4v) is 3.04. The summed E-state index contributed by atoms with van der Waals surface area (Å²) >= 11 is 0. The van der Waals surface area contributed by atoms with E-state index >= 15 is 0 Å². The number of aryl methyl sites for hydroxylation is 2. The number of aliphatic hydroxyl groups is 1. The van der Waals surface area contributed by atoms with Gasteiger partial charge in [0.1, 0.15) is 18.5 Å². The van der Waals surface area contributed by atoms with E-state index in [2.05, 4.69) is 4.98 Å². The number of anilines is 1. The van der Waals surface area contributed by atoms with E-state index in [1.54, 1.807) is 30.6 Å². The molecule has 1 N–H and O–H groups in total. The summed E-state index contributed by atoms with van der Waals surface area (Å²) < 4.78 is 9.64. The number of hydrogen-bond acceptors (Lipinski definition) is 6. The van der Waals surface area contributed by atoms with E-state index in [9.17, 15) is 14.7 Å². The quantitative estimate of drug-likeness (QED) is 0.652. The smallest absolute Gasteiger partial charge is 0.332 e. The maximum atomic E-state index is 12.7. The molecule has 0 amide bonds. The Labute approximate surface area is 162 Å². The first-order chi connectivity index (χ1) is 13.2. The highest BCUT2D eigenvalue weighted by Crippen LogP contribution is 2.19. The van der Waals surface area contributed by atoms with E-state index in [-0.39, 0.29) is 24.3 Å². The second kappa shape index (κ2) is 7.51. The SMILES string of the molecule is Cc1ccc(OCC(O)Cn2c(N(C)C)nc3c2c(=O)n(C)c(=O)n3C)cc1. The highest BCUT2D eigenvalue weighted by Gasteiger charge is 2.22. The minimum absolute atomic E-state index is 0.0572. The molecule has 1 unspecified atom stereocenters. The Balaban J connectivity index is 1.95. The lowest BCUT2D eigenvalue weighted by Crippen LogP contribution is -2.38. The van der Waals surface area contributed by atoms with Crippen LogP contribution in [0.15, 0.2) is 33.9 Å². The summed E-state index contributed by atoms with van der Waals surface area (Å²) in [6.45, 7) is 2.14. The van der Waals surface area contributed by atoms with E-state index < -0.39 is 17.4 Å². The lowest BCUT2D eigenvalue weighted by Gasteiger charge is -2.18. The minimum atomic E-state index is -0.876. The highest BCUT2D eigenvalue weighted by molar-refractivity contribution is 5.74. The predicted octanol–water partition coefficient (Wildman–Crippen LogP) is 0.248. The number of rotatable bonds is 6. The van der Waals surface area contributed by atoms with Crippen LogP contribution < -0.4 is 20.9 Å². The van der Waals surface area contributed by atoms with E-state index in [1.807, 2.05) is 31.2 Å². The first kappa shape index (κ1) is 19.7.